The van der Waals surface area contributed by atoms with Crippen LogP contribution in [0.1, 0.15) is 18.9 Å². The Bertz CT molecular complexity index is 765. The summed E-state index contributed by atoms with van der Waals surface area (Å²) in [5.41, 5.74) is 0.956. The number of hydrogen-bond donors (Lipinski definition) is 0. The average molecular weight is 341 g/mol. The summed E-state index contributed by atoms with van der Waals surface area (Å²) in [5.74, 6) is 1.26. The number of benzene rings is 1. The fourth-order valence-corrected chi connectivity index (χ4v) is 3.63. The van der Waals surface area contributed by atoms with E-state index in [1.54, 1.807) is 11.3 Å². The van der Waals surface area contributed by atoms with Gasteiger partial charge in [-0.3, -0.25) is 4.90 Å². The third-order valence-electron chi connectivity index (χ3n) is 4.37. The van der Waals surface area contributed by atoms with Crippen LogP contribution in [0.5, 0.6) is 0 Å². The summed E-state index contributed by atoms with van der Waals surface area (Å²) in [4.78, 5) is 9.10. The van der Waals surface area contributed by atoms with Crippen molar-refractivity contribution in [3.8, 4) is 11.5 Å². The summed E-state index contributed by atoms with van der Waals surface area (Å²) >= 11 is 1.69. The minimum absolute atomic E-state index is 0.119. The number of anilines is 1. The molecule has 3 heterocycles. The molecule has 3 aromatic rings. The van der Waals surface area contributed by atoms with Gasteiger partial charge in [0.1, 0.15) is 0 Å². The Hall–Kier alpha value is -2.25. The van der Waals surface area contributed by atoms with Crippen LogP contribution in [0.2, 0.25) is 0 Å². The lowest BCUT2D eigenvalue weighted by Crippen LogP contribution is -2.47. The van der Waals surface area contributed by atoms with E-state index in [-0.39, 0.29) is 6.04 Å². The van der Waals surface area contributed by atoms with Crippen molar-refractivity contribution < 1.29 is 4.42 Å². The lowest BCUT2D eigenvalue weighted by Gasteiger charge is -2.36. The predicted molar refractivity (Wildman–Crippen MR) is 94.0 cm³/mol. The summed E-state index contributed by atoms with van der Waals surface area (Å²) in [6.07, 6.45) is 1.86. The van der Waals surface area contributed by atoms with Gasteiger partial charge in [0.2, 0.25) is 11.8 Å². The van der Waals surface area contributed by atoms with Crippen LogP contribution in [0.3, 0.4) is 0 Å². The number of hydrogen-bond acceptors (Lipinski definition) is 7. The molecule has 2 aromatic heterocycles. The second kappa shape index (κ2) is 6.70. The molecule has 0 N–H and O–H groups in total. The first-order chi connectivity index (χ1) is 11.8. The van der Waals surface area contributed by atoms with E-state index < -0.39 is 0 Å². The van der Waals surface area contributed by atoms with Gasteiger partial charge in [-0.05, 0) is 19.1 Å². The van der Waals surface area contributed by atoms with E-state index in [0.717, 1.165) is 36.9 Å². The third kappa shape index (κ3) is 3.05. The quantitative estimate of drug-likeness (QED) is 0.727. The molecule has 4 rings (SSSR count). The smallest absolute Gasteiger partial charge is 0.247 e. The summed E-state index contributed by atoms with van der Waals surface area (Å²) in [6, 6.07) is 10.0. The highest BCUT2D eigenvalue weighted by molar-refractivity contribution is 7.13. The first kappa shape index (κ1) is 15.3. The summed E-state index contributed by atoms with van der Waals surface area (Å²) in [6.45, 7) is 5.99. The number of piperazine rings is 1. The van der Waals surface area contributed by atoms with Crippen molar-refractivity contribution in [3.05, 3.63) is 47.8 Å². The zero-order chi connectivity index (χ0) is 16.4. The molecular weight excluding hydrogens is 322 g/mol. The molecular formula is C17H19N5OS. The van der Waals surface area contributed by atoms with Crippen LogP contribution in [0.25, 0.3) is 11.5 Å². The Morgan fingerprint density at radius 3 is 2.58 bits per heavy atom. The zero-order valence-electron chi connectivity index (χ0n) is 13.5. The van der Waals surface area contributed by atoms with Crippen LogP contribution in [-0.2, 0) is 0 Å². The molecule has 0 radical (unpaired) electrons. The summed E-state index contributed by atoms with van der Waals surface area (Å²) in [5, 5.41) is 11.6. The Kier molecular flexibility index (Phi) is 4.27. The van der Waals surface area contributed by atoms with Crippen molar-refractivity contribution in [2.24, 2.45) is 0 Å². The van der Waals surface area contributed by atoms with Crippen LogP contribution < -0.4 is 4.90 Å². The molecule has 124 valence electrons. The normalized spacial score (nSPS) is 17.1. The Balaban J connectivity index is 1.42. The van der Waals surface area contributed by atoms with E-state index in [2.05, 4.69) is 31.9 Å². The molecule has 7 heteroatoms. The Labute approximate surface area is 144 Å². The second-order valence-corrected chi connectivity index (χ2v) is 6.70. The van der Waals surface area contributed by atoms with Gasteiger partial charge in [0.05, 0.1) is 6.04 Å². The van der Waals surface area contributed by atoms with E-state index in [0.29, 0.717) is 11.8 Å². The fourth-order valence-electron chi connectivity index (χ4n) is 2.93. The van der Waals surface area contributed by atoms with Gasteiger partial charge in [-0.1, -0.05) is 18.2 Å². The van der Waals surface area contributed by atoms with Crippen LogP contribution in [0, 0.1) is 0 Å². The van der Waals surface area contributed by atoms with Gasteiger partial charge in [0.15, 0.2) is 5.13 Å². The van der Waals surface area contributed by atoms with E-state index in [1.165, 1.54) is 0 Å². The van der Waals surface area contributed by atoms with Crippen LogP contribution in [0.4, 0.5) is 5.13 Å². The average Bonchev–Trinajstić information content (AvgIpc) is 3.34. The first-order valence-corrected chi connectivity index (χ1v) is 8.96. The molecule has 0 aliphatic carbocycles. The summed E-state index contributed by atoms with van der Waals surface area (Å²) in [7, 11) is 0. The molecule has 1 atom stereocenters. The fraction of sp³-hybridized carbons (Fsp3) is 0.353. The standard InChI is InChI=1S/C17H19N5OS/c1-13(15-19-20-16(23-15)14-5-3-2-4-6-14)21-8-10-22(11-9-21)17-18-7-12-24-17/h2-7,12-13H,8-11H2,1H3/t13-/m1/s1. The Morgan fingerprint density at radius 2 is 1.88 bits per heavy atom. The van der Waals surface area contributed by atoms with Crippen molar-refractivity contribution in [2.45, 2.75) is 13.0 Å². The molecule has 0 saturated carbocycles. The minimum Gasteiger partial charge on any atom is -0.419 e. The number of aromatic nitrogens is 3. The molecule has 0 amide bonds. The van der Waals surface area contributed by atoms with Gasteiger partial charge < -0.3 is 9.32 Å². The van der Waals surface area contributed by atoms with Crippen LogP contribution in [0.15, 0.2) is 46.3 Å². The highest BCUT2D eigenvalue weighted by Gasteiger charge is 2.26. The van der Waals surface area contributed by atoms with Gasteiger partial charge in [-0.25, -0.2) is 4.98 Å². The number of nitrogens with zero attached hydrogens (tertiary/aromatic N) is 5. The van der Waals surface area contributed by atoms with Crippen molar-refractivity contribution in [2.75, 3.05) is 31.1 Å². The van der Waals surface area contributed by atoms with E-state index >= 15 is 0 Å². The summed E-state index contributed by atoms with van der Waals surface area (Å²) < 4.78 is 5.90. The molecule has 6 nitrogen and oxygen atoms in total. The maximum atomic E-state index is 5.90. The van der Waals surface area contributed by atoms with E-state index in [1.807, 2.05) is 41.9 Å². The zero-order valence-corrected chi connectivity index (χ0v) is 14.3. The van der Waals surface area contributed by atoms with Crippen LogP contribution >= 0.6 is 11.3 Å². The molecule has 24 heavy (non-hydrogen) atoms. The number of thiazole rings is 1. The van der Waals surface area contributed by atoms with Gasteiger partial charge in [0, 0.05) is 43.3 Å². The minimum atomic E-state index is 0.119. The second-order valence-electron chi connectivity index (χ2n) is 5.83. The van der Waals surface area contributed by atoms with Gasteiger partial charge in [-0.2, -0.15) is 0 Å². The highest BCUT2D eigenvalue weighted by Crippen LogP contribution is 2.26. The topological polar surface area (TPSA) is 58.3 Å². The molecule has 1 aliphatic heterocycles. The van der Waals surface area contributed by atoms with E-state index in [9.17, 15) is 0 Å². The van der Waals surface area contributed by atoms with Crippen molar-refractivity contribution >= 4 is 16.5 Å². The SMILES string of the molecule is C[C@H](c1nnc(-c2ccccc2)o1)N1CCN(c2nccs2)CC1. The monoisotopic (exact) mass is 341 g/mol. The highest BCUT2D eigenvalue weighted by atomic mass is 32.1. The lowest BCUT2D eigenvalue weighted by molar-refractivity contribution is 0.173. The molecule has 0 bridgehead atoms. The molecule has 1 saturated heterocycles. The van der Waals surface area contributed by atoms with Gasteiger partial charge in [-0.15, -0.1) is 21.5 Å². The third-order valence-corrected chi connectivity index (χ3v) is 5.20. The predicted octanol–water partition coefficient (Wildman–Crippen LogP) is 3.08. The lowest BCUT2D eigenvalue weighted by atomic mass is 10.2. The largest absolute Gasteiger partial charge is 0.419 e. The maximum absolute atomic E-state index is 5.90. The first-order valence-electron chi connectivity index (χ1n) is 8.08. The molecule has 0 spiro atoms. The van der Waals surface area contributed by atoms with Crippen molar-refractivity contribution in [1.29, 1.82) is 0 Å². The van der Waals surface area contributed by atoms with Crippen molar-refractivity contribution in [3.63, 3.8) is 0 Å². The maximum Gasteiger partial charge on any atom is 0.247 e. The van der Waals surface area contributed by atoms with E-state index in [4.69, 9.17) is 4.42 Å². The molecule has 0 unspecified atom stereocenters. The number of rotatable bonds is 4. The van der Waals surface area contributed by atoms with Gasteiger partial charge in [0.25, 0.3) is 0 Å². The molecule has 1 aliphatic rings. The van der Waals surface area contributed by atoms with Crippen molar-refractivity contribution in [1.82, 2.24) is 20.1 Å². The Morgan fingerprint density at radius 1 is 1.08 bits per heavy atom. The molecule has 1 aromatic carbocycles. The van der Waals surface area contributed by atoms with Crippen LogP contribution in [-0.4, -0.2) is 46.3 Å². The van der Waals surface area contributed by atoms with Gasteiger partial charge >= 0.3 is 0 Å². The molecule has 1 fully saturated rings.